The van der Waals surface area contributed by atoms with Gasteiger partial charge in [-0.05, 0) is 38.1 Å². The van der Waals surface area contributed by atoms with E-state index in [1.807, 2.05) is 17.9 Å². The number of aliphatic imine (C=N–C) groups is 1. The van der Waals surface area contributed by atoms with Crippen molar-refractivity contribution < 1.29 is 13.5 Å². The van der Waals surface area contributed by atoms with Gasteiger partial charge < -0.3 is 15.3 Å². The molecule has 3 N–H and O–H groups in total. The lowest BCUT2D eigenvalue weighted by molar-refractivity contribution is 0.188. The Morgan fingerprint density at radius 2 is 2.26 bits per heavy atom. The van der Waals surface area contributed by atoms with Crippen molar-refractivity contribution in [2.75, 3.05) is 26.7 Å². The number of aliphatic hydroxyl groups is 1. The van der Waals surface area contributed by atoms with Crippen LogP contribution in [0.4, 0.5) is 0 Å². The summed E-state index contributed by atoms with van der Waals surface area (Å²) >= 11 is 0. The Bertz CT molecular complexity index is 660. The highest BCUT2D eigenvalue weighted by atomic mass is 32.2. The van der Waals surface area contributed by atoms with Crippen molar-refractivity contribution >= 4 is 16.0 Å². The monoisotopic (exact) mass is 340 g/mol. The second-order valence-electron chi connectivity index (χ2n) is 5.41. The normalized spacial score (nSPS) is 19.2. The maximum absolute atomic E-state index is 11.8. The van der Waals surface area contributed by atoms with Gasteiger partial charge in [0.1, 0.15) is 0 Å². The van der Waals surface area contributed by atoms with Gasteiger partial charge in [0.15, 0.2) is 5.96 Å². The Kier molecular flexibility index (Phi) is 5.97. The smallest absolute Gasteiger partial charge is 0.240 e. The molecule has 1 aromatic carbocycles. The molecule has 0 amide bonds. The predicted octanol–water partition coefficient (Wildman–Crippen LogP) is 0.127. The van der Waals surface area contributed by atoms with Gasteiger partial charge in [-0.15, -0.1) is 0 Å². The van der Waals surface area contributed by atoms with Crippen LogP contribution in [0.5, 0.6) is 0 Å². The molecule has 23 heavy (non-hydrogen) atoms. The minimum Gasteiger partial charge on any atom is -0.391 e. The lowest BCUT2D eigenvalue weighted by Crippen LogP contribution is -2.40. The van der Waals surface area contributed by atoms with Crippen molar-refractivity contribution in [3.63, 3.8) is 0 Å². The number of rotatable bonds is 5. The zero-order valence-corrected chi connectivity index (χ0v) is 14.3. The number of benzene rings is 1. The number of nitrogens with one attached hydrogen (secondary N) is 2. The number of guanidine groups is 1. The van der Waals surface area contributed by atoms with E-state index < -0.39 is 10.0 Å². The van der Waals surface area contributed by atoms with E-state index in [0.717, 1.165) is 31.0 Å². The minimum absolute atomic E-state index is 0.231. The van der Waals surface area contributed by atoms with Crippen LogP contribution < -0.4 is 10.0 Å². The summed E-state index contributed by atoms with van der Waals surface area (Å²) in [6.45, 7) is 4.44. The van der Waals surface area contributed by atoms with Gasteiger partial charge in [-0.3, -0.25) is 0 Å². The molecular weight excluding hydrogens is 316 g/mol. The van der Waals surface area contributed by atoms with Crippen molar-refractivity contribution in [1.82, 2.24) is 14.9 Å². The second kappa shape index (κ2) is 7.76. The Labute approximate surface area is 137 Å². The Morgan fingerprint density at radius 1 is 1.48 bits per heavy atom. The van der Waals surface area contributed by atoms with Gasteiger partial charge in [0.05, 0.1) is 17.5 Å². The van der Waals surface area contributed by atoms with Crippen molar-refractivity contribution in [2.24, 2.45) is 4.99 Å². The van der Waals surface area contributed by atoms with Crippen LogP contribution in [0.15, 0.2) is 34.2 Å². The first-order valence-corrected chi connectivity index (χ1v) is 9.18. The van der Waals surface area contributed by atoms with Gasteiger partial charge in [0.25, 0.3) is 0 Å². The topological polar surface area (TPSA) is 94.0 Å². The Morgan fingerprint density at radius 3 is 2.87 bits per heavy atom. The average molecular weight is 340 g/mol. The molecule has 0 saturated carbocycles. The third-order valence-corrected chi connectivity index (χ3v) is 5.10. The maximum atomic E-state index is 11.8. The third-order valence-electron chi connectivity index (χ3n) is 3.69. The van der Waals surface area contributed by atoms with E-state index in [0.29, 0.717) is 13.1 Å². The highest BCUT2D eigenvalue weighted by Gasteiger charge is 2.22. The summed E-state index contributed by atoms with van der Waals surface area (Å²) in [5, 5.41) is 12.9. The Hall–Kier alpha value is -1.64. The first-order chi connectivity index (χ1) is 11.0. The number of hydrogen-bond acceptors (Lipinski definition) is 4. The fraction of sp³-hybridized carbons (Fsp3) is 0.533. The zero-order valence-electron chi connectivity index (χ0n) is 13.5. The predicted molar refractivity (Wildman–Crippen MR) is 89.7 cm³/mol. The molecule has 8 heteroatoms. The van der Waals surface area contributed by atoms with Crippen molar-refractivity contribution in [3.8, 4) is 0 Å². The van der Waals surface area contributed by atoms with E-state index in [9.17, 15) is 13.5 Å². The SMILES string of the molecule is CCNC(=NCc1cccc(S(=O)(=O)NC)c1)N1CC[C@@H](O)C1. The number of β-amino-alcohol motifs (C(OH)–C–C–N with tert-alkyl or cyclic N) is 1. The second-order valence-corrected chi connectivity index (χ2v) is 7.30. The van der Waals surface area contributed by atoms with Crippen LogP contribution in [0.2, 0.25) is 0 Å². The minimum atomic E-state index is -3.45. The fourth-order valence-electron chi connectivity index (χ4n) is 2.46. The van der Waals surface area contributed by atoms with Gasteiger partial charge in [-0.25, -0.2) is 18.1 Å². The molecule has 1 heterocycles. The van der Waals surface area contributed by atoms with E-state index in [1.54, 1.807) is 18.2 Å². The van der Waals surface area contributed by atoms with Gasteiger partial charge in [-0.2, -0.15) is 0 Å². The molecule has 0 bridgehead atoms. The summed E-state index contributed by atoms with van der Waals surface area (Å²) in [7, 11) is -2.06. The van der Waals surface area contributed by atoms with Crippen LogP contribution in [-0.2, 0) is 16.6 Å². The van der Waals surface area contributed by atoms with E-state index >= 15 is 0 Å². The molecule has 1 aromatic rings. The van der Waals surface area contributed by atoms with Crippen LogP contribution in [0.25, 0.3) is 0 Å². The summed E-state index contributed by atoms with van der Waals surface area (Å²) in [5.74, 6) is 0.742. The first kappa shape index (κ1) is 17.7. The van der Waals surface area contributed by atoms with Crippen LogP contribution in [0.3, 0.4) is 0 Å². The lowest BCUT2D eigenvalue weighted by Gasteiger charge is -2.21. The van der Waals surface area contributed by atoms with E-state index in [1.165, 1.54) is 7.05 Å². The van der Waals surface area contributed by atoms with Crippen molar-refractivity contribution in [1.29, 1.82) is 0 Å². The van der Waals surface area contributed by atoms with Crippen LogP contribution >= 0.6 is 0 Å². The number of sulfonamides is 1. The van der Waals surface area contributed by atoms with Crippen molar-refractivity contribution in [2.45, 2.75) is 30.9 Å². The van der Waals surface area contributed by atoms with E-state index in [2.05, 4.69) is 15.0 Å². The highest BCUT2D eigenvalue weighted by Crippen LogP contribution is 2.13. The van der Waals surface area contributed by atoms with Crippen LogP contribution in [0.1, 0.15) is 18.9 Å². The third kappa shape index (κ3) is 4.66. The molecule has 0 aliphatic carbocycles. The number of likely N-dealkylation sites (tertiary alicyclic amines) is 1. The molecule has 7 nitrogen and oxygen atoms in total. The van der Waals surface area contributed by atoms with Gasteiger partial charge in [0, 0.05) is 19.6 Å². The number of hydrogen-bond donors (Lipinski definition) is 3. The average Bonchev–Trinajstić information content (AvgIpc) is 2.98. The van der Waals surface area contributed by atoms with Gasteiger partial charge in [-0.1, -0.05) is 12.1 Å². The summed E-state index contributed by atoms with van der Waals surface area (Å²) in [6, 6.07) is 6.74. The van der Waals surface area contributed by atoms with Gasteiger partial charge in [0.2, 0.25) is 10.0 Å². The van der Waals surface area contributed by atoms with Crippen LogP contribution in [0, 0.1) is 0 Å². The molecular formula is C15H24N4O3S. The molecule has 1 aliphatic heterocycles. The van der Waals surface area contributed by atoms with Crippen molar-refractivity contribution in [3.05, 3.63) is 29.8 Å². The molecule has 0 aromatic heterocycles. The molecule has 1 atom stereocenters. The molecule has 0 radical (unpaired) electrons. The molecule has 1 fully saturated rings. The largest absolute Gasteiger partial charge is 0.391 e. The molecule has 0 unspecified atom stereocenters. The standard InChI is InChI=1S/C15H24N4O3S/c1-3-17-15(19-8-7-13(20)11-19)18-10-12-5-4-6-14(9-12)23(21,22)16-2/h4-6,9,13,16,20H,3,7-8,10-11H2,1-2H3,(H,17,18)/t13-/m1/s1. The summed E-state index contributed by atoms with van der Waals surface area (Å²) in [5.41, 5.74) is 0.816. The number of aliphatic hydroxyl groups excluding tert-OH is 1. The summed E-state index contributed by atoms with van der Waals surface area (Å²) < 4.78 is 26.0. The number of nitrogens with zero attached hydrogens (tertiary/aromatic N) is 2. The maximum Gasteiger partial charge on any atom is 0.240 e. The quantitative estimate of drug-likeness (QED) is 0.523. The van der Waals surface area contributed by atoms with E-state index in [4.69, 9.17) is 0 Å². The zero-order chi connectivity index (χ0) is 16.9. The summed E-state index contributed by atoms with van der Waals surface area (Å²) in [4.78, 5) is 6.80. The molecule has 0 spiro atoms. The Balaban J connectivity index is 2.15. The summed E-state index contributed by atoms with van der Waals surface area (Å²) in [6.07, 6.45) is 0.420. The molecule has 1 saturated heterocycles. The molecule has 2 rings (SSSR count). The first-order valence-electron chi connectivity index (χ1n) is 7.70. The molecule has 128 valence electrons. The fourth-order valence-corrected chi connectivity index (χ4v) is 3.25. The van der Waals surface area contributed by atoms with Gasteiger partial charge >= 0.3 is 0 Å². The molecule has 1 aliphatic rings. The van der Waals surface area contributed by atoms with Crippen LogP contribution in [-0.4, -0.2) is 57.2 Å². The lowest BCUT2D eigenvalue weighted by atomic mass is 10.2. The highest BCUT2D eigenvalue weighted by molar-refractivity contribution is 7.89. The van der Waals surface area contributed by atoms with E-state index in [-0.39, 0.29) is 11.0 Å².